The Kier molecular flexibility index (Phi) is 4.12. The normalized spacial score (nSPS) is 10.8. The maximum atomic E-state index is 11.9. The van der Waals surface area contributed by atoms with Gasteiger partial charge in [-0.25, -0.2) is 0 Å². The molecule has 2 rings (SSSR count). The number of carbonyl (C=O) groups is 1. The average molecular weight is 298 g/mol. The van der Waals surface area contributed by atoms with E-state index in [0.29, 0.717) is 21.8 Å². The number of H-pyrrole nitrogens is 1. The number of aromatic amines is 1. The zero-order valence-electron chi connectivity index (χ0n) is 10.5. The van der Waals surface area contributed by atoms with E-state index < -0.39 is 0 Å². The number of halogens is 2. The number of anilines is 1. The van der Waals surface area contributed by atoms with Gasteiger partial charge in [-0.1, -0.05) is 43.1 Å². The van der Waals surface area contributed by atoms with Gasteiger partial charge in [-0.05, 0) is 23.6 Å². The number of aromatic nitrogens is 2. The summed E-state index contributed by atoms with van der Waals surface area (Å²) in [5.74, 6) is 0.0229. The highest BCUT2D eigenvalue weighted by Gasteiger charge is 2.12. The molecule has 0 unspecified atom stereocenters. The molecule has 19 heavy (non-hydrogen) atoms. The molecule has 1 aromatic heterocycles. The highest BCUT2D eigenvalue weighted by molar-refractivity contribution is 6.34. The van der Waals surface area contributed by atoms with Crippen LogP contribution in [-0.4, -0.2) is 16.1 Å². The van der Waals surface area contributed by atoms with Crippen LogP contribution in [0.3, 0.4) is 0 Å². The maximum Gasteiger partial charge on any atom is 0.276 e. The Morgan fingerprint density at radius 1 is 1.32 bits per heavy atom. The van der Waals surface area contributed by atoms with Gasteiger partial charge in [-0.3, -0.25) is 9.89 Å². The summed E-state index contributed by atoms with van der Waals surface area (Å²) >= 11 is 11.8. The van der Waals surface area contributed by atoms with Crippen LogP contribution in [-0.2, 0) is 0 Å². The second-order valence-corrected chi connectivity index (χ2v) is 5.26. The first-order valence-corrected chi connectivity index (χ1v) is 6.54. The molecule has 4 nitrogen and oxygen atoms in total. The molecule has 1 heterocycles. The first-order chi connectivity index (χ1) is 8.97. The van der Waals surface area contributed by atoms with Crippen molar-refractivity contribution < 1.29 is 4.79 Å². The van der Waals surface area contributed by atoms with Crippen LogP contribution in [0.5, 0.6) is 0 Å². The van der Waals surface area contributed by atoms with Crippen LogP contribution in [0.4, 0.5) is 5.69 Å². The summed E-state index contributed by atoms with van der Waals surface area (Å²) in [6.07, 6.45) is 0. The van der Waals surface area contributed by atoms with Gasteiger partial charge >= 0.3 is 0 Å². The van der Waals surface area contributed by atoms with Gasteiger partial charge in [-0.2, -0.15) is 5.10 Å². The molecule has 0 spiro atoms. The van der Waals surface area contributed by atoms with Crippen LogP contribution in [0.15, 0.2) is 24.3 Å². The zero-order valence-corrected chi connectivity index (χ0v) is 12.0. The second-order valence-electron chi connectivity index (χ2n) is 4.45. The maximum absolute atomic E-state index is 11.9. The molecule has 0 bridgehead atoms. The Labute approximate surface area is 121 Å². The fraction of sp³-hybridized carbons (Fsp3) is 0.231. The van der Waals surface area contributed by atoms with Crippen molar-refractivity contribution >= 4 is 34.8 Å². The molecule has 0 saturated heterocycles. The van der Waals surface area contributed by atoms with Crippen LogP contribution >= 0.6 is 23.2 Å². The highest BCUT2D eigenvalue weighted by atomic mass is 35.5. The molecule has 1 aromatic carbocycles. The highest BCUT2D eigenvalue weighted by Crippen LogP contribution is 2.26. The number of carbonyl (C=O) groups excluding carboxylic acids is 1. The minimum atomic E-state index is -0.359. The minimum absolute atomic E-state index is 0.217. The van der Waals surface area contributed by atoms with E-state index in [2.05, 4.69) is 29.4 Å². The van der Waals surface area contributed by atoms with Crippen molar-refractivity contribution in [3.63, 3.8) is 0 Å². The Hall–Kier alpha value is -1.52. The van der Waals surface area contributed by atoms with E-state index in [-0.39, 0.29) is 11.6 Å². The summed E-state index contributed by atoms with van der Waals surface area (Å²) in [7, 11) is 0. The number of rotatable bonds is 3. The summed E-state index contributed by atoms with van der Waals surface area (Å²) in [6.45, 7) is 4.16. The van der Waals surface area contributed by atoms with Crippen LogP contribution in [0.25, 0.3) is 0 Å². The SMILES string of the molecule is CC(C)c1ccc(NC(=O)c2cc(Cl)[nH]n2)c(Cl)c1. The van der Waals surface area contributed by atoms with Crippen LogP contribution in [0.2, 0.25) is 10.2 Å². The van der Waals surface area contributed by atoms with Crippen molar-refractivity contribution in [1.29, 1.82) is 0 Å². The van der Waals surface area contributed by atoms with Crippen molar-refractivity contribution in [3.05, 3.63) is 45.7 Å². The Morgan fingerprint density at radius 2 is 2.05 bits per heavy atom. The van der Waals surface area contributed by atoms with E-state index in [4.69, 9.17) is 23.2 Å². The number of hydrogen-bond donors (Lipinski definition) is 2. The summed E-state index contributed by atoms with van der Waals surface area (Å²) in [6, 6.07) is 7.01. The fourth-order valence-electron chi connectivity index (χ4n) is 1.59. The van der Waals surface area contributed by atoms with Crippen LogP contribution < -0.4 is 5.32 Å². The van der Waals surface area contributed by atoms with Crippen molar-refractivity contribution in [2.45, 2.75) is 19.8 Å². The molecule has 2 N–H and O–H groups in total. The monoisotopic (exact) mass is 297 g/mol. The zero-order chi connectivity index (χ0) is 14.0. The Bertz CT molecular complexity index is 608. The third-order valence-electron chi connectivity index (χ3n) is 2.69. The molecule has 0 fully saturated rings. The van der Waals surface area contributed by atoms with Crippen molar-refractivity contribution in [1.82, 2.24) is 10.2 Å². The van der Waals surface area contributed by atoms with Gasteiger partial charge in [0.2, 0.25) is 0 Å². The standard InChI is InChI=1S/C13H13Cl2N3O/c1-7(2)8-3-4-10(9(14)5-8)16-13(19)11-6-12(15)18-17-11/h3-7H,1-2H3,(H,16,19)(H,17,18). The summed E-state index contributed by atoms with van der Waals surface area (Å²) in [5.41, 5.74) is 1.88. The number of hydrogen-bond acceptors (Lipinski definition) is 2. The second kappa shape index (κ2) is 5.63. The topological polar surface area (TPSA) is 57.8 Å². The number of nitrogens with zero attached hydrogens (tertiary/aromatic N) is 1. The summed E-state index contributed by atoms with van der Waals surface area (Å²) < 4.78 is 0. The van der Waals surface area contributed by atoms with Crippen LogP contribution in [0.1, 0.15) is 35.8 Å². The number of amides is 1. The van der Waals surface area contributed by atoms with Crippen molar-refractivity contribution in [3.8, 4) is 0 Å². The Morgan fingerprint density at radius 3 is 2.58 bits per heavy atom. The number of nitrogens with one attached hydrogen (secondary N) is 2. The molecule has 1 amide bonds. The van der Waals surface area contributed by atoms with E-state index in [0.717, 1.165) is 5.56 Å². The van der Waals surface area contributed by atoms with Crippen molar-refractivity contribution in [2.24, 2.45) is 0 Å². The molecule has 0 aliphatic carbocycles. The van der Waals surface area contributed by atoms with Gasteiger partial charge in [0, 0.05) is 6.07 Å². The smallest absolute Gasteiger partial charge is 0.276 e. The summed E-state index contributed by atoms with van der Waals surface area (Å²) in [5, 5.41) is 9.78. The predicted octanol–water partition coefficient (Wildman–Crippen LogP) is 4.09. The first kappa shape index (κ1) is 13.9. The van der Waals surface area contributed by atoms with E-state index in [1.54, 1.807) is 6.07 Å². The average Bonchev–Trinajstić information content (AvgIpc) is 2.78. The van der Waals surface area contributed by atoms with Crippen LogP contribution in [0, 0.1) is 0 Å². The fourth-order valence-corrected chi connectivity index (χ4v) is 1.97. The largest absolute Gasteiger partial charge is 0.319 e. The van der Waals surface area contributed by atoms with Crippen molar-refractivity contribution in [2.75, 3.05) is 5.32 Å². The minimum Gasteiger partial charge on any atom is -0.319 e. The van der Waals surface area contributed by atoms with E-state index in [9.17, 15) is 4.79 Å². The molecular formula is C13H13Cl2N3O. The molecule has 0 atom stereocenters. The van der Waals surface area contributed by atoms with Gasteiger partial charge in [0.1, 0.15) is 5.15 Å². The molecule has 6 heteroatoms. The Balaban J connectivity index is 2.17. The lowest BCUT2D eigenvalue weighted by Gasteiger charge is -2.10. The lowest BCUT2D eigenvalue weighted by Crippen LogP contribution is -2.12. The van der Waals surface area contributed by atoms with E-state index in [1.807, 2.05) is 12.1 Å². The molecule has 0 saturated carbocycles. The van der Waals surface area contributed by atoms with E-state index >= 15 is 0 Å². The van der Waals surface area contributed by atoms with Gasteiger partial charge in [-0.15, -0.1) is 0 Å². The quantitative estimate of drug-likeness (QED) is 0.896. The van der Waals surface area contributed by atoms with Gasteiger partial charge < -0.3 is 5.32 Å². The lowest BCUT2D eigenvalue weighted by molar-refractivity contribution is 0.102. The first-order valence-electron chi connectivity index (χ1n) is 5.79. The molecule has 0 aliphatic heterocycles. The van der Waals surface area contributed by atoms with E-state index in [1.165, 1.54) is 6.07 Å². The predicted molar refractivity (Wildman–Crippen MR) is 77.1 cm³/mol. The molecular weight excluding hydrogens is 285 g/mol. The third-order valence-corrected chi connectivity index (χ3v) is 3.19. The molecule has 0 radical (unpaired) electrons. The van der Waals surface area contributed by atoms with Gasteiger partial charge in [0.25, 0.3) is 5.91 Å². The number of benzene rings is 1. The van der Waals surface area contributed by atoms with Gasteiger partial charge in [0.15, 0.2) is 5.69 Å². The van der Waals surface area contributed by atoms with Gasteiger partial charge in [0.05, 0.1) is 10.7 Å². The molecule has 2 aromatic rings. The molecule has 100 valence electrons. The summed E-state index contributed by atoms with van der Waals surface area (Å²) in [4.78, 5) is 11.9. The molecule has 0 aliphatic rings. The lowest BCUT2D eigenvalue weighted by atomic mass is 10.0. The third kappa shape index (κ3) is 3.28.